The number of rotatable bonds is 4. The van der Waals surface area contributed by atoms with Gasteiger partial charge in [0.25, 0.3) is 0 Å². The molecule has 0 aliphatic rings. The summed E-state index contributed by atoms with van der Waals surface area (Å²) in [7, 11) is 0. The zero-order valence-corrected chi connectivity index (χ0v) is 25.7. The highest BCUT2D eigenvalue weighted by Crippen LogP contribution is 2.37. The number of benzene rings is 4. The van der Waals surface area contributed by atoms with Gasteiger partial charge in [-0.1, -0.05) is 83.4 Å². The normalized spacial score (nSPS) is 11.5. The molecule has 0 fully saturated rings. The third kappa shape index (κ3) is 4.71. The van der Waals surface area contributed by atoms with E-state index in [0.717, 1.165) is 39.2 Å². The second-order valence-corrected chi connectivity index (χ2v) is 12.0. The second-order valence-electron chi connectivity index (χ2n) is 12.0. The molecule has 3 heterocycles. The minimum Gasteiger partial charge on any atom is -0.306 e. The van der Waals surface area contributed by atoms with E-state index < -0.39 is 0 Å². The molecule has 0 amide bonds. The fourth-order valence-corrected chi connectivity index (χ4v) is 6.52. The fourth-order valence-electron chi connectivity index (χ4n) is 6.52. The van der Waals surface area contributed by atoms with E-state index in [9.17, 15) is 0 Å². The lowest BCUT2D eigenvalue weighted by molar-refractivity contribution is 1.15. The monoisotopic (exact) mass is 557 g/mol. The molecular weight excluding hydrogens is 522 g/mol. The third-order valence-corrected chi connectivity index (χ3v) is 8.67. The summed E-state index contributed by atoms with van der Waals surface area (Å²) in [6, 6.07) is 33.2. The molecule has 0 radical (unpaired) electrons. The van der Waals surface area contributed by atoms with E-state index >= 15 is 0 Å². The van der Waals surface area contributed by atoms with Crippen molar-refractivity contribution in [2.75, 3.05) is 0 Å². The van der Waals surface area contributed by atoms with Crippen LogP contribution in [0.3, 0.4) is 0 Å². The first-order valence-electron chi connectivity index (χ1n) is 14.9. The second kappa shape index (κ2) is 10.4. The minimum atomic E-state index is 0.985. The van der Waals surface area contributed by atoms with Crippen LogP contribution >= 0.6 is 0 Å². The first-order valence-corrected chi connectivity index (χ1v) is 14.9. The van der Waals surface area contributed by atoms with E-state index in [1.54, 1.807) is 0 Å². The average Bonchev–Trinajstić information content (AvgIpc) is 3.30. The summed E-state index contributed by atoms with van der Waals surface area (Å²) >= 11 is 0. The van der Waals surface area contributed by atoms with E-state index in [1.165, 1.54) is 55.3 Å². The molecule has 7 rings (SSSR count). The van der Waals surface area contributed by atoms with Gasteiger partial charge < -0.3 is 4.57 Å². The van der Waals surface area contributed by atoms with E-state index in [1.807, 2.05) is 12.4 Å². The van der Waals surface area contributed by atoms with Crippen molar-refractivity contribution >= 4 is 21.8 Å². The molecule has 7 aromatic rings. The summed E-state index contributed by atoms with van der Waals surface area (Å²) in [5, 5.41) is 2.35. The van der Waals surface area contributed by atoms with Crippen LogP contribution in [0.5, 0.6) is 0 Å². The van der Waals surface area contributed by atoms with Crippen molar-refractivity contribution in [1.29, 1.82) is 0 Å². The van der Waals surface area contributed by atoms with Gasteiger partial charge in [-0.2, -0.15) is 0 Å². The van der Waals surface area contributed by atoms with Crippen LogP contribution in [-0.2, 0) is 0 Å². The lowest BCUT2D eigenvalue weighted by Gasteiger charge is -2.11. The number of pyridine rings is 2. The van der Waals surface area contributed by atoms with Crippen LogP contribution < -0.4 is 0 Å². The standard InChI is InChI=1S/C40H35N3/c1-24-7-14-32(27(4)17-24)30-10-12-31(13-11-30)43-39-22-41-37(33-15-8-25(2)18-28(33)5)20-35(39)36-21-38(42-23-40(36)43)34-16-9-26(3)19-29(34)6/h7-23H,1-6H3. The van der Waals surface area contributed by atoms with Crippen molar-refractivity contribution in [3.05, 3.63) is 137 Å². The van der Waals surface area contributed by atoms with Gasteiger partial charge in [0.05, 0.1) is 34.8 Å². The van der Waals surface area contributed by atoms with Crippen molar-refractivity contribution in [3.8, 4) is 39.3 Å². The molecular formula is C40H35N3. The van der Waals surface area contributed by atoms with Gasteiger partial charge in [-0.25, -0.2) is 0 Å². The average molecular weight is 558 g/mol. The topological polar surface area (TPSA) is 30.7 Å². The Kier molecular flexibility index (Phi) is 6.47. The minimum absolute atomic E-state index is 0.985. The summed E-state index contributed by atoms with van der Waals surface area (Å²) < 4.78 is 2.30. The molecule has 3 aromatic heterocycles. The molecule has 4 aromatic carbocycles. The van der Waals surface area contributed by atoms with Gasteiger partial charge in [0.15, 0.2) is 0 Å². The molecule has 210 valence electrons. The van der Waals surface area contributed by atoms with Gasteiger partial charge in [0.1, 0.15) is 0 Å². The van der Waals surface area contributed by atoms with Gasteiger partial charge in [0.2, 0.25) is 0 Å². The molecule has 0 saturated heterocycles. The Balaban J connectivity index is 1.44. The number of aryl methyl sites for hydroxylation is 6. The maximum absolute atomic E-state index is 5.00. The van der Waals surface area contributed by atoms with Gasteiger partial charge in [-0.05, 0) is 93.6 Å². The summed E-state index contributed by atoms with van der Waals surface area (Å²) in [5.41, 5.74) is 17.6. The maximum Gasteiger partial charge on any atom is 0.0725 e. The fraction of sp³-hybridized carbons (Fsp3) is 0.150. The predicted molar refractivity (Wildman–Crippen MR) is 181 cm³/mol. The Morgan fingerprint density at radius 2 is 0.860 bits per heavy atom. The van der Waals surface area contributed by atoms with Gasteiger partial charge >= 0.3 is 0 Å². The number of hydrogen-bond donors (Lipinski definition) is 0. The molecule has 0 N–H and O–H groups in total. The lowest BCUT2D eigenvalue weighted by atomic mass is 9.98. The Hall–Kier alpha value is -5.02. The lowest BCUT2D eigenvalue weighted by Crippen LogP contribution is -1.96. The van der Waals surface area contributed by atoms with Crippen LogP contribution in [0.25, 0.3) is 61.1 Å². The van der Waals surface area contributed by atoms with Crippen molar-refractivity contribution in [2.45, 2.75) is 41.5 Å². The molecule has 0 saturated carbocycles. The van der Waals surface area contributed by atoms with Crippen LogP contribution in [0.2, 0.25) is 0 Å². The summed E-state index contributed by atoms with van der Waals surface area (Å²) in [5.74, 6) is 0. The molecule has 0 aliphatic carbocycles. The zero-order chi connectivity index (χ0) is 29.8. The molecule has 3 heteroatoms. The highest BCUT2D eigenvalue weighted by atomic mass is 15.0. The van der Waals surface area contributed by atoms with Crippen molar-refractivity contribution in [2.24, 2.45) is 0 Å². The Labute approximate surface area is 253 Å². The smallest absolute Gasteiger partial charge is 0.0725 e. The highest BCUT2D eigenvalue weighted by molar-refractivity contribution is 6.10. The number of nitrogens with zero attached hydrogens (tertiary/aromatic N) is 3. The van der Waals surface area contributed by atoms with E-state index in [-0.39, 0.29) is 0 Å². The molecule has 43 heavy (non-hydrogen) atoms. The molecule has 0 spiro atoms. The van der Waals surface area contributed by atoms with Crippen LogP contribution in [0.15, 0.2) is 103 Å². The molecule has 0 unspecified atom stereocenters. The van der Waals surface area contributed by atoms with Crippen LogP contribution in [-0.4, -0.2) is 14.5 Å². The maximum atomic E-state index is 5.00. The first kappa shape index (κ1) is 26.9. The highest BCUT2D eigenvalue weighted by Gasteiger charge is 2.17. The number of fused-ring (bicyclic) bond motifs is 3. The van der Waals surface area contributed by atoms with Crippen molar-refractivity contribution in [1.82, 2.24) is 14.5 Å². The molecule has 3 nitrogen and oxygen atoms in total. The van der Waals surface area contributed by atoms with Crippen molar-refractivity contribution in [3.63, 3.8) is 0 Å². The van der Waals surface area contributed by atoms with Gasteiger partial charge in [-0.15, -0.1) is 0 Å². The van der Waals surface area contributed by atoms with Crippen molar-refractivity contribution < 1.29 is 0 Å². The number of aromatic nitrogens is 3. The van der Waals surface area contributed by atoms with Crippen LogP contribution in [0.4, 0.5) is 0 Å². The van der Waals surface area contributed by atoms with Crippen LogP contribution in [0.1, 0.15) is 33.4 Å². The van der Waals surface area contributed by atoms with Gasteiger partial charge in [-0.3, -0.25) is 9.97 Å². The molecule has 0 atom stereocenters. The summed E-state index contributed by atoms with van der Waals surface area (Å²) in [4.78, 5) is 9.99. The largest absolute Gasteiger partial charge is 0.306 e. The van der Waals surface area contributed by atoms with E-state index in [2.05, 4.69) is 137 Å². The summed E-state index contributed by atoms with van der Waals surface area (Å²) in [6.45, 7) is 12.9. The Bertz CT molecular complexity index is 2070. The van der Waals surface area contributed by atoms with Gasteiger partial charge in [0, 0.05) is 27.6 Å². The Morgan fingerprint density at radius 3 is 1.28 bits per heavy atom. The van der Waals surface area contributed by atoms with E-state index in [4.69, 9.17) is 9.97 Å². The SMILES string of the molecule is Cc1ccc(-c2ccc(-n3c4cnc(-c5ccc(C)cc5C)cc4c4cc(-c5ccc(C)cc5C)ncc43)cc2)c(C)c1. The summed E-state index contributed by atoms with van der Waals surface area (Å²) in [6.07, 6.45) is 4.05. The third-order valence-electron chi connectivity index (χ3n) is 8.67. The predicted octanol–water partition coefficient (Wildman–Crippen LogP) is 10.4. The zero-order valence-electron chi connectivity index (χ0n) is 25.7. The molecule has 0 aliphatic heterocycles. The molecule has 0 bridgehead atoms. The Morgan fingerprint density at radius 1 is 0.442 bits per heavy atom. The number of hydrogen-bond acceptors (Lipinski definition) is 2. The first-order chi connectivity index (χ1) is 20.8. The quantitative estimate of drug-likeness (QED) is 0.215. The van der Waals surface area contributed by atoms with E-state index in [0.29, 0.717) is 0 Å². The van der Waals surface area contributed by atoms with Crippen LogP contribution in [0, 0.1) is 41.5 Å².